The van der Waals surface area contributed by atoms with E-state index >= 15 is 0 Å². The number of fused-ring (bicyclic) bond motifs is 1. The maximum atomic E-state index is 14.2. The topological polar surface area (TPSA) is 38.5 Å². The van der Waals surface area contributed by atoms with Crippen molar-refractivity contribution in [2.75, 3.05) is 13.1 Å². The first-order chi connectivity index (χ1) is 12.2. The Hall–Kier alpha value is -2.31. The van der Waals surface area contributed by atoms with E-state index in [1.54, 1.807) is 12.1 Å². The van der Waals surface area contributed by atoms with Gasteiger partial charge in [0.25, 0.3) is 0 Å². The zero-order valence-electron chi connectivity index (χ0n) is 13.6. The van der Waals surface area contributed by atoms with Crippen molar-refractivity contribution < 1.29 is 17.9 Å². The number of ether oxygens (including phenoxy) is 1. The van der Waals surface area contributed by atoms with Crippen LogP contribution in [0.2, 0.25) is 0 Å². The van der Waals surface area contributed by atoms with Crippen molar-refractivity contribution in [1.29, 1.82) is 0 Å². The van der Waals surface area contributed by atoms with E-state index in [9.17, 15) is 8.78 Å². The average Bonchev–Trinajstić information content (AvgIpc) is 3.18. The molecule has 1 aliphatic rings. The Morgan fingerprint density at radius 1 is 1.12 bits per heavy atom. The van der Waals surface area contributed by atoms with Gasteiger partial charge in [0.1, 0.15) is 30.2 Å². The summed E-state index contributed by atoms with van der Waals surface area (Å²) in [6.07, 6.45) is -1.58. The first-order valence-corrected chi connectivity index (χ1v) is 8.24. The number of hydrogen-bond donors (Lipinski definition) is 0. The van der Waals surface area contributed by atoms with E-state index in [1.165, 1.54) is 12.1 Å². The molecule has 1 saturated heterocycles. The fraction of sp³-hybridized carbons (Fsp3) is 0.316. The molecule has 0 radical (unpaired) electrons. The molecule has 0 bridgehead atoms. The molecule has 2 unspecified atom stereocenters. The van der Waals surface area contributed by atoms with E-state index in [4.69, 9.17) is 9.15 Å². The molecule has 2 aromatic carbocycles. The van der Waals surface area contributed by atoms with Crippen molar-refractivity contribution in [3.63, 3.8) is 0 Å². The van der Waals surface area contributed by atoms with Crippen LogP contribution in [-0.2, 0) is 17.9 Å². The van der Waals surface area contributed by atoms with Crippen LogP contribution in [0.25, 0.3) is 11.1 Å². The van der Waals surface area contributed by atoms with Gasteiger partial charge >= 0.3 is 0 Å². The lowest BCUT2D eigenvalue weighted by atomic mass is 10.2. The molecule has 2 heterocycles. The molecule has 130 valence electrons. The van der Waals surface area contributed by atoms with Crippen LogP contribution in [0.5, 0.6) is 0 Å². The predicted octanol–water partition coefficient (Wildman–Crippen LogP) is 3.71. The molecule has 0 aliphatic carbocycles. The Kier molecular flexibility index (Phi) is 4.46. The van der Waals surface area contributed by atoms with Gasteiger partial charge in [-0.05, 0) is 29.8 Å². The molecule has 0 amide bonds. The summed E-state index contributed by atoms with van der Waals surface area (Å²) in [6.45, 7) is 1.50. The van der Waals surface area contributed by atoms with Gasteiger partial charge in [-0.2, -0.15) is 0 Å². The summed E-state index contributed by atoms with van der Waals surface area (Å²) in [5.74, 6) is 0.179. The minimum atomic E-state index is -1.06. The molecule has 1 fully saturated rings. The van der Waals surface area contributed by atoms with Gasteiger partial charge in [0.2, 0.25) is 5.89 Å². The van der Waals surface area contributed by atoms with Crippen molar-refractivity contribution in [3.8, 4) is 0 Å². The van der Waals surface area contributed by atoms with Crippen LogP contribution in [0.3, 0.4) is 0 Å². The Balaban J connectivity index is 1.34. The predicted molar refractivity (Wildman–Crippen MR) is 89.2 cm³/mol. The number of rotatable bonds is 5. The second kappa shape index (κ2) is 6.90. The molecule has 0 N–H and O–H groups in total. The minimum absolute atomic E-state index is 0.143. The van der Waals surface area contributed by atoms with Crippen LogP contribution in [0.4, 0.5) is 8.78 Å². The summed E-state index contributed by atoms with van der Waals surface area (Å²) >= 11 is 0. The van der Waals surface area contributed by atoms with Crippen molar-refractivity contribution in [2.45, 2.75) is 25.4 Å². The largest absolute Gasteiger partial charge is 0.438 e. The highest BCUT2D eigenvalue weighted by Gasteiger charge is 2.33. The third-order valence-electron chi connectivity index (χ3n) is 4.35. The van der Waals surface area contributed by atoms with Crippen LogP contribution in [-0.4, -0.2) is 35.2 Å². The number of halogens is 2. The summed E-state index contributed by atoms with van der Waals surface area (Å²) in [7, 11) is 0. The first-order valence-electron chi connectivity index (χ1n) is 8.24. The highest BCUT2D eigenvalue weighted by molar-refractivity contribution is 5.72. The monoisotopic (exact) mass is 344 g/mol. The van der Waals surface area contributed by atoms with Crippen LogP contribution >= 0.6 is 0 Å². The van der Waals surface area contributed by atoms with E-state index in [2.05, 4.69) is 4.98 Å². The van der Waals surface area contributed by atoms with Gasteiger partial charge < -0.3 is 9.15 Å². The molecular weight excluding hydrogens is 326 g/mol. The molecular formula is C19H18F2N2O2. The highest BCUT2D eigenvalue weighted by atomic mass is 19.1. The molecule has 2 atom stereocenters. The lowest BCUT2D eigenvalue weighted by Crippen LogP contribution is -2.24. The van der Waals surface area contributed by atoms with Gasteiger partial charge in [0.15, 0.2) is 5.58 Å². The van der Waals surface area contributed by atoms with Crippen LogP contribution in [0.15, 0.2) is 52.9 Å². The van der Waals surface area contributed by atoms with E-state index in [0.29, 0.717) is 31.1 Å². The lowest BCUT2D eigenvalue weighted by molar-refractivity contribution is 0.00239. The number of oxazole rings is 1. The number of para-hydroxylation sites is 2. The summed E-state index contributed by atoms with van der Waals surface area (Å²) in [4.78, 5) is 6.30. The van der Waals surface area contributed by atoms with Gasteiger partial charge in [-0.25, -0.2) is 13.8 Å². The van der Waals surface area contributed by atoms with Crippen LogP contribution in [0.1, 0.15) is 11.5 Å². The Morgan fingerprint density at radius 3 is 2.72 bits per heavy atom. The number of benzene rings is 2. The minimum Gasteiger partial charge on any atom is -0.438 e. The smallest absolute Gasteiger partial charge is 0.221 e. The Bertz CT molecular complexity index is 817. The average molecular weight is 344 g/mol. The standard InChI is InChI=1S/C19H18F2N2O2/c20-14-7-5-13(6-8-14)9-23-10-15(21)18(11-23)24-12-19-22-16-3-1-2-4-17(16)25-19/h1-8,15,18H,9-12H2. The van der Waals surface area contributed by atoms with Crippen molar-refractivity contribution >= 4 is 11.1 Å². The first kappa shape index (κ1) is 16.2. The third kappa shape index (κ3) is 3.70. The van der Waals surface area contributed by atoms with Gasteiger partial charge in [0.05, 0.1) is 0 Å². The van der Waals surface area contributed by atoms with Crippen molar-refractivity contribution in [3.05, 3.63) is 65.8 Å². The SMILES string of the molecule is Fc1ccc(CN2CC(F)C(OCc3nc4ccccc4o3)C2)cc1. The van der Waals surface area contributed by atoms with E-state index in [1.807, 2.05) is 29.2 Å². The second-order valence-corrected chi connectivity index (χ2v) is 6.26. The number of aromatic nitrogens is 1. The zero-order valence-corrected chi connectivity index (χ0v) is 13.6. The summed E-state index contributed by atoms with van der Waals surface area (Å²) in [5, 5.41) is 0. The maximum absolute atomic E-state index is 14.2. The number of likely N-dealkylation sites (tertiary alicyclic amines) is 1. The maximum Gasteiger partial charge on any atom is 0.221 e. The third-order valence-corrected chi connectivity index (χ3v) is 4.35. The van der Waals surface area contributed by atoms with Gasteiger partial charge in [-0.1, -0.05) is 24.3 Å². The van der Waals surface area contributed by atoms with Gasteiger partial charge in [-0.15, -0.1) is 0 Å². The second-order valence-electron chi connectivity index (χ2n) is 6.26. The van der Waals surface area contributed by atoms with E-state index in [-0.39, 0.29) is 12.4 Å². The highest BCUT2D eigenvalue weighted by Crippen LogP contribution is 2.21. The van der Waals surface area contributed by atoms with Gasteiger partial charge in [-0.3, -0.25) is 4.90 Å². The molecule has 3 aromatic rings. The Morgan fingerprint density at radius 2 is 1.92 bits per heavy atom. The summed E-state index contributed by atoms with van der Waals surface area (Å²) in [5.41, 5.74) is 2.41. The van der Waals surface area contributed by atoms with E-state index in [0.717, 1.165) is 11.1 Å². The summed E-state index contributed by atoms with van der Waals surface area (Å²) in [6, 6.07) is 13.7. The molecule has 25 heavy (non-hydrogen) atoms. The number of alkyl halides is 1. The fourth-order valence-corrected chi connectivity index (χ4v) is 3.10. The van der Waals surface area contributed by atoms with Gasteiger partial charge in [0, 0.05) is 19.6 Å². The zero-order chi connectivity index (χ0) is 17.2. The number of nitrogens with zero attached hydrogens (tertiary/aromatic N) is 2. The molecule has 4 nitrogen and oxygen atoms in total. The quantitative estimate of drug-likeness (QED) is 0.707. The molecule has 4 rings (SSSR count). The van der Waals surface area contributed by atoms with Crippen molar-refractivity contribution in [1.82, 2.24) is 9.88 Å². The molecule has 1 aromatic heterocycles. The molecule has 1 aliphatic heterocycles. The fourth-order valence-electron chi connectivity index (χ4n) is 3.10. The molecule has 0 spiro atoms. The molecule has 0 saturated carbocycles. The van der Waals surface area contributed by atoms with Crippen LogP contribution in [0, 0.1) is 5.82 Å². The lowest BCUT2D eigenvalue weighted by Gasteiger charge is -2.15. The molecule has 6 heteroatoms. The summed E-state index contributed by atoms with van der Waals surface area (Å²) < 4.78 is 38.5. The van der Waals surface area contributed by atoms with Crippen molar-refractivity contribution in [2.24, 2.45) is 0 Å². The Labute approximate surface area is 144 Å². The normalized spacial score (nSPS) is 21.2. The number of hydrogen-bond acceptors (Lipinski definition) is 4. The van der Waals surface area contributed by atoms with Crippen LogP contribution < -0.4 is 0 Å². The van der Waals surface area contributed by atoms with E-state index < -0.39 is 12.3 Å².